The number of rotatable bonds is 7. The summed E-state index contributed by atoms with van der Waals surface area (Å²) in [6, 6.07) is 13.3. The second-order valence-electron chi connectivity index (χ2n) is 7.48. The van der Waals surface area contributed by atoms with Gasteiger partial charge in [-0.2, -0.15) is 0 Å². The number of ether oxygens (including phenoxy) is 1. The van der Waals surface area contributed by atoms with Crippen LogP contribution in [0.1, 0.15) is 15.9 Å². The summed E-state index contributed by atoms with van der Waals surface area (Å²) < 4.78 is 19.7. The van der Waals surface area contributed by atoms with Crippen LogP contribution in [0.3, 0.4) is 0 Å². The van der Waals surface area contributed by atoms with Crippen LogP contribution in [0.15, 0.2) is 60.4 Å². The first kappa shape index (κ1) is 22.1. The molecule has 1 saturated heterocycles. The van der Waals surface area contributed by atoms with Gasteiger partial charge in [-0.3, -0.25) is 4.79 Å². The number of piperazine rings is 1. The van der Waals surface area contributed by atoms with Crippen molar-refractivity contribution in [3.8, 4) is 5.75 Å². The van der Waals surface area contributed by atoms with Crippen molar-refractivity contribution in [3.63, 3.8) is 0 Å². The van der Waals surface area contributed by atoms with Gasteiger partial charge in [-0.25, -0.2) is 9.18 Å². The highest BCUT2D eigenvalue weighted by Crippen LogP contribution is 2.26. The molecule has 1 fully saturated rings. The SMILES string of the molecule is CN(C)C=C(C(=O)c1ccc(F)cc1OCc1ccccc1)N1CCN(C(=O)O)CC1. The van der Waals surface area contributed by atoms with Gasteiger partial charge in [0.2, 0.25) is 5.78 Å². The van der Waals surface area contributed by atoms with Gasteiger partial charge in [0.25, 0.3) is 0 Å². The molecule has 0 aromatic heterocycles. The standard InChI is InChI=1S/C23H26FN3O4/c1-25(2)15-20(26-10-12-27(13-11-26)23(29)30)22(28)19-9-8-18(24)14-21(19)31-16-17-6-4-3-5-7-17/h3-9,14-15H,10-13,16H2,1-2H3,(H,29,30). The summed E-state index contributed by atoms with van der Waals surface area (Å²) in [5.74, 6) is -0.629. The molecule has 0 atom stereocenters. The van der Waals surface area contributed by atoms with Crippen LogP contribution >= 0.6 is 0 Å². The predicted molar refractivity (Wildman–Crippen MR) is 114 cm³/mol. The van der Waals surface area contributed by atoms with Crippen LogP contribution in [0.25, 0.3) is 0 Å². The fraction of sp³-hybridized carbons (Fsp3) is 0.304. The third kappa shape index (κ3) is 5.75. The van der Waals surface area contributed by atoms with Crippen molar-refractivity contribution in [2.75, 3.05) is 40.3 Å². The molecule has 0 spiro atoms. The summed E-state index contributed by atoms with van der Waals surface area (Å²) in [4.78, 5) is 29.6. The molecule has 0 bridgehead atoms. The molecule has 31 heavy (non-hydrogen) atoms. The lowest BCUT2D eigenvalue weighted by atomic mass is 10.1. The van der Waals surface area contributed by atoms with E-state index in [1.165, 1.54) is 23.1 Å². The number of nitrogens with zero attached hydrogens (tertiary/aromatic N) is 3. The van der Waals surface area contributed by atoms with E-state index in [9.17, 15) is 19.1 Å². The van der Waals surface area contributed by atoms with Gasteiger partial charge in [-0.1, -0.05) is 30.3 Å². The zero-order valence-corrected chi connectivity index (χ0v) is 17.6. The number of carbonyl (C=O) groups is 2. The molecule has 0 aliphatic carbocycles. The molecule has 1 heterocycles. The van der Waals surface area contributed by atoms with Gasteiger partial charge < -0.3 is 24.5 Å². The molecule has 1 amide bonds. The molecule has 0 unspecified atom stereocenters. The Balaban J connectivity index is 1.85. The average Bonchev–Trinajstić information content (AvgIpc) is 2.76. The number of ketones is 1. The maximum Gasteiger partial charge on any atom is 0.407 e. The van der Waals surface area contributed by atoms with E-state index in [1.54, 1.807) is 25.2 Å². The summed E-state index contributed by atoms with van der Waals surface area (Å²) in [7, 11) is 3.61. The lowest BCUT2D eigenvalue weighted by Crippen LogP contribution is -2.48. The first-order valence-corrected chi connectivity index (χ1v) is 9.97. The van der Waals surface area contributed by atoms with Gasteiger partial charge in [0.05, 0.1) is 5.56 Å². The molecule has 7 nitrogen and oxygen atoms in total. The molecule has 0 radical (unpaired) electrons. The van der Waals surface area contributed by atoms with E-state index < -0.39 is 11.9 Å². The van der Waals surface area contributed by atoms with Gasteiger partial charge in [0, 0.05) is 52.5 Å². The molecule has 2 aromatic carbocycles. The smallest absolute Gasteiger partial charge is 0.407 e. The predicted octanol–water partition coefficient (Wildman–Crippen LogP) is 3.29. The Hall–Kier alpha value is -3.55. The summed E-state index contributed by atoms with van der Waals surface area (Å²) in [5.41, 5.74) is 1.57. The molecular formula is C23H26FN3O4. The second-order valence-corrected chi connectivity index (χ2v) is 7.48. The number of halogens is 1. The highest BCUT2D eigenvalue weighted by atomic mass is 19.1. The van der Waals surface area contributed by atoms with Crippen LogP contribution in [-0.2, 0) is 6.61 Å². The Kier molecular flexibility index (Phi) is 7.12. The number of carboxylic acid groups (broad SMARTS) is 1. The Bertz CT molecular complexity index is 955. The summed E-state index contributed by atoms with van der Waals surface area (Å²) >= 11 is 0. The highest BCUT2D eigenvalue weighted by molar-refractivity contribution is 6.10. The normalized spacial score (nSPS) is 14.4. The molecule has 1 N–H and O–H groups in total. The first-order valence-electron chi connectivity index (χ1n) is 9.97. The van der Waals surface area contributed by atoms with Crippen molar-refractivity contribution in [1.29, 1.82) is 0 Å². The molecule has 0 saturated carbocycles. The van der Waals surface area contributed by atoms with Crippen LogP contribution in [0.2, 0.25) is 0 Å². The lowest BCUT2D eigenvalue weighted by Gasteiger charge is -2.36. The van der Waals surface area contributed by atoms with Crippen LogP contribution in [0.5, 0.6) is 5.75 Å². The Morgan fingerprint density at radius 2 is 1.71 bits per heavy atom. The van der Waals surface area contributed by atoms with Gasteiger partial charge in [-0.15, -0.1) is 0 Å². The van der Waals surface area contributed by atoms with E-state index in [4.69, 9.17) is 4.74 Å². The minimum absolute atomic E-state index is 0.169. The number of hydrogen-bond acceptors (Lipinski definition) is 5. The number of allylic oxidation sites excluding steroid dienone is 1. The van der Waals surface area contributed by atoms with Gasteiger partial charge in [-0.05, 0) is 17.7 Å². The van der Waals surface area contributed by atoms with E-state index in [1.807, 2.05) is 35.2 Å². The van der Waals surface area contributed by atoms with Gasteiger partial charge in [0.1, 0.15) is 23.9 Å². The van der Waals surface area contributed by atoms with Crippen molar-refractivity contribution < 1.29 is 23.8 Å². The second kappa shape index (κ2) is 9.97. The largest absolute Gasteiger partial charge is 0.488 e. The van der Waals surface area contributed by atoms with Gasteiger partial charge >= 0.3 is 6.09 Å². The molecule has 3 rings (SSSR count). The Morgan fingerprint density at radius 3 is 2.32 bits per heavy atom. The number of Topliss-reactive ketones (excluding diaryl/α,β-unsaturated/α-hetero) is 1. The van der Waals surface area contributed by atoms with Crippen LogP contribution in [0.4, 0.5) is 9.18 Å². The van der Waals surface area contributed by atoms with E-state index in [2.05, 4.69) is 0 Å². The Labute approximate surface area is 180 Å². The van der Waals surface area contributed by atoms with Crippen molar-refractivity contribution in [3.05, 3.63) is 77.4 Å². The maximum absolute atomic E-state index is 13.9. The fourth-order valence-electron chi connectivity index (χ4n) is 3.34. The van der Waals surface area contributed by atoms with E-state index in [0.29, 0.717) is 31.9 Å². The molecule has 2 aromatic rings. The highest BCUT2D eigenvalue weighted by Gasteiger charge is 2.27. The molecule has 164 valence electrons. The molecular weight excluding hydrogens is 401 g/mol. The Morgan fingerprint density at radius 1 is 1.06 bits per heavy atom. The minimum atomic E-state index is -0.973. The summed E-state index contributed by atoms with van der Waals surface area (Å²) in [5, 5.41) is 9.18. The lowest BCUT2D eigenvalue weighted by molar-refractivity contribution is 0.0926. The number of hydrogen-bond donors (Lipinski definition) is 1. The third-order valence-corrected chi connectivity index (χ3v) is 4.93. The third-order valence-electron chi connectivity index (χ3n) is 4.93. The van der Waals surface area contributed by atoms with Crippen LogP contribution in [0, 0.1) is 5.82 Å². The monoisotopic (exact) mass is 427 g/mol. The molecule has 1 aliphatic rings. The number of amides is 1. The molecule has 8 heteroatoms. The zero-order chi connectivity index (χ0) is 22.4. The van der Waals surface area contributed by atoms with Crippen molar-refractivity contribution in [1.82, 2.24) is 14.7 Å². The average molecular weight is 427 g/mol. The van der Waals surface area contributed by atoms with E-state index in [-0.39, 0.29) is 23.7 Å². The van der Waals surface area contributed by atoms with Crippen molar-refractivity contribution >= 4 is 11.9 Å². The minimum Gasteiger partial charge on any atom is -0.488 e. The number of carbonyl (C=O) groups excluding carboxylic acids is 1. The van der Waals surface area contributed by atoms with E-state index >= 15 is 0 Å². The summed E-state index contributed by atoms with van der Waals surface area (Å²) in [6.07, 6.45) is 0.725. The topological polar surface area (TPSA) is 73.3 Å². The van der Waals surface area contributed by atoms with Gasteiger partial charge in [0.15, 0.2) is 0 Å². The van der Waals surface area contributed by atoms with E-state index in [0.717, 1.165) is 5.56 Å². The van der Waals surface area contributed by atoms with Crippen LogP contribution < -0.4 is 4.74 Å². The molecule has 1 aliphatic heterocycles. The first-order chi connectivity index (χ1) is 14.8. The van der Waals surface area contributed by atoms with Crippen molar-refractivity contribution in [2.45, 2.75) is 6.61 Å². The maximum atomic E-state index is 13.9. The number of benzene rings is 2. The quantitative estimate of drug-likeness (QED) is 0.540. The zero-order valence-electron chi connectivity index (χ0n) is 17.6. The van der Waals surface area contributed by atoms with Crippen LogP contribution in [-0.4, -0.2) is 72.0 Å². The van der Waals surface area contributed by atoms with Crippen molar-refractivity contribution in [2.24, 2.45) is 0 Å². The summed E-state index contributed by atoms with van der Waals surface area (Å²) in [6.45, 7) is 1.58. The fourth-order valence-corrected chi connectivity index (χ4v) is 3.34.